The van der Waals surface area contributed by atoms with E-state index >= 15 is 0 Å². The Morgan fingerprint density at radius 1 is 1.03 bits per heavy atom. The summed E-state index contributed by atoms with van der Waals surface area (Å²) in [6.07, 6.45) is 3.68. The number of benzene rings is 2. The van der Waals surface area contributed by atoms with Gasteiger partial charge in [0, 0.05) is 55.6 Å². The number of hydrogen-bond donors (Lipinski definition) is 1. The first-order valence-electron chi connectivity index (χ1n) is 12.8. The van der Waals surface area contributed by atoms with Crippen LogP contribution in [0.1, 0.15) is 31.2 Å². The molecule has 10 nitrogen and oxygen atoms in total. The van der Waals surface area contributed by atoms with Gasteiger partial charge in [-0.1, -0.05) is 0 Å². The number of methoxy groups -OCH3 is 2. The summed E-state index contributed by atoms with van der Waals surface area (Å²) >= 11 is 0. The molecule has 1 saturated heterocycles. The molecule has 1 N–H and O–H groups in total. The number of carbonyl (C=O) groups excluding carboxylic acids is 1. The van der Waals surface area contributed by atoms with Gasteiger partial charge in [-0.15, -0.1) is 0 Å². The van der Waals surface area contributed by atoms with E-state index in [0.29, 0.717) is 24.7 Å². The highest BCUT2D eigenvalue weighted by Gasteiger charge is 2.26. The molecule has 2 fully saturated rings. The molecule has 4 rings (SSSR count). The number of piperazine rings is 1. The molecule has 1 aliphatic heterocycles. The molecular formula is C27H36N4O6. The van der Waals surface area contributed by atoms with E-state index in [2.05, 4.69) is 10.2 Å². The maximum Gasteiger partial charge on any atom is 0.272 e. The number of ether oxygens (including phenoxy) is 3. The van der Waals surface area contributed by atoms with Crippen molar-refractivity contribution in [3.05, 3.63) is 52.1 Å². The van der Waals surface area contributed by atoms with Gasteiger partial charge in [-0.2, -0.15) is 0 Å². The summed E-state index contributed by atoms with van der Waals surface area (Å²) in [7, 11) is 3.28. The monoisotopic (exact) mass is 512 g/mol. The Morgan fingerprint density at radius 3 is 2.38 bits per heavy atom. The molecule has 200 valence electrons. The zero-order valence-corrected chi connectivity index (χ0v) is 21.8. The number of hydrogen-bond acceptors (Lipinski definition) is 8. The Hall–Kier alpha value is -3.53. The summed E-state index contributed by atoms with van der Waals surface area (Å²) in [5.74, 6) is 1.54. The molecule has 2 aromatic carbocycles. The third-order valence-corrected chi connectivity index (χ3v) is 7.24. The number of amides is 1. The van der Waals surface area contributed by atoms with Crippen molar-refractivity contribution in [3.8, 4) is 11.5 Å². The minimum Gasteiger partial charge on any atom is -0.497 e. The average Bonchev–Trinajstić information content (AvgIpc) is 2.92. The average molecular weight is 513 g/mol. The number of rotatable bonds is 9. The van der Waals surface area contributed by atoms with E-state index in [4.69, 9.17) is 14.2 Å². The maximum absolute atomic E-state index is 12.8. The van der Waals surface area contributed by atoms with Gasteiger partial charge in [-0.3, -0.25) is 14.9 Å². The van der Waals surface area contributed by atoms with Crippen LogP contribution in [0.25, 0.3) is 0 Å². The van der Waals surface area contributed by atoms with E-state index < -0.39 is 0 Å². The van der Waals surface area contributed by atoms with Crippen LogP contribution in [-0.4, -0.2) is 74.9 Å². The molecule has 0 bridgehead atoms. The Kier molecular flexibility index (Phi) is 8.70. The minimum atomic E-state index is -0.360. The lowest BCUT2D eigenvalue weighted by atomic mass is 9.92. The molecule has 1 saturated carbocycles. The van der Waals surface area contributed by atoms with Crippen molar-refractivity contribution >= 4 is 23.0 Å². The van der Waals surface area contributed by atoms with E-state index in [-0.39, 0.29) is 29.2 Å². The van der Waals surface area contributed by atoms with E-state index in [1.807, 2.05) is 29.2 Å². The Bertz CT molecular complexity index is 1090. The van der Waals surface area contributed by atoms with Crippen LogP contribution in [0.2, 0.25) is 0 Å². The first-order valence-corrected chi connectivity index (χ1v) is 12.8. The van der Waals surface area contributed by atoms with Crippen molar-refractivity contribution in [1.29, 1.82) is 0 Å². The SMILES string of the molecule is COc1ccc(N2CCN(C(=O)COC3CCC(Nc4ccc([N+](=O)[O-])c(C)c4)CC3)CC2)c(OC)c1. The van der Waals surface area contributed by atoms with Crippen LogP contribution < -0.4 is 19.7 Å². The van der Waals surface area contributed by atoms with Crippen LogP contribution in [-0.2, 0) is 9.53 Å². The summed E-state index contributed by atoms with van der Waals surface area (Å²) in [5, 5.41) is 14.5. The van der Waals surface area contributed by atoms with Gasteiger partial charge in [0.15, 0.2) is 0 Å². The minimum absolute atomic E-state index is 0.0305. The van der Waals surface area contributed by atoms with Crippen LogP contribution in [0.3, 0.4) is 0 Å². The smallest absolute Gasteiger partial charge is 0.272 e. The van der Waals surface area contributed by atoms with Crippen molar-refractivity contribution in [3.63, 3.8) is 0 Å². The zero-order chi connectivity index (χ0) is 26.4. The molecule has 0 radical (unpaired) electrons. The summed E-state index contributed by atoms with van der Waals surface area (Å²) in [6, 6.07) is 11.2. The van der Waals surface area contributed by atoms with Gasteiger partial charge in [0.05, 0.1) is 30.9 Å². The van der Waals surface area contributed by atoms with Crippen LogP contribution in [0.5, 0.6) is 11.5 Å². The van der Waals surface area contributed by atoms with Crippen molar-refractivity contribution in [2.45, 2.75) is 44.8 Å². The molecule has 1 heterocycles. The molecule has 1 aliphatic carbocycles. The summed E-state index contributed by atoms with van der Waals surface area (Å²) < 4.78 is 16.8. The first-order chi connectivity index (χ1) is 17.9. The summed E-state index contributed by atoms with van der Waals surface area (Å²) in [4.78, 5) is 27.5. The normalized spacial score (nSPS) is 19.9. The van der Waals surface area contributed by atoms with Gasteiger partial charge in [0.1, 0.15) is 18.1 Å². The van der Waals surface area contributed by atoms with Crippen LogP contribution in [0, 0.1) is 17.0 Å². The lowest BCUT2D eigenvalue weighted by Gasteiger charge is -2.37. The van der Waals surface area contributed by atoms with Crippen LogP contribution in [0.15, 0.2) is 36.4 Å². The molecule has 0 spiro atoms. The molecule has 0 atom stereocenters. The highest BCUT2D eigenvalue weighted by atomic mass is 16.6. The van der Waals surface area contributed by atoms with Crippen molar-refractivity contribution in [1.82, 2.24) is 4.90 Å². The molecular weight excluding hydrogens is 476 g/mol. The van der Waals surface area contributed by atoms with Crippen molar-refractivity contribution in [2.75, 3.05) is 57.2 Å². The zero-order valence-electron chi connectivity index (χ0n) is 21.8. The number of anilines is 2. The lowest BCUT2D eigenvalue weighted by Crippen LogP contribution is -2.50. The summed E-state index contributed by atoms with van der Waals surface area (Å²) in [6.45, 7) is 4.60. The second kappa shape index (κ2) is 12.1. The number of nitro benzene ring substituents is 1. The van der Waals surface area contributed by atoms with Gasteiger partial charge in [0.25, 0.3) is 5.69 Å². The largest absolute Gasteiger partial charge is 0.497 e. The number of nitro groups is 1. The second-order valence-electron chi connectivity index (χ2n) is 9.59. The standard InChI is InChI=1S/C27H36N4O6/c1-19-16-21(6-10-24(19)31(33)34)28-20-4-7-22(8-5-20)37-18-27(32)30-14-12-29(13-15-30)25-11-9-23(35-2)17-26(25)36-3/h6,9-11,16-17,20,22,28H,4-5,7-8,12-15,18H2,1-3H3. The van der Waals surface area contributed by atoms with Crippen LogP contribution >= 0.6 is 0 Å². The highest BCUT2D eigenvalue weighted by molar-refractivity contribution is 5.78. The molecule has 2 aliphatic rings. The molecule has 1 amide bonds. The van der Waals surface area contributed by atoms with Gasteiger partial charge >= 0.3 is 0 Å². The van der Waals surface area contributed by atoms with Gasteiger partial charge in [-0.05, 0) is 56.9 Å². The number of aryl methyl sites for hydroxylation is 1. The molecule has 10 heteroatoms. The third-order valence-electron chi connectivity index (χ3n) is 7.24. The van der Waals surface area contributed by atoms with E-state index in [0.717, 1.165) is 61.6 Å². The highest BCUT2D eigenvalue weighted by Crippen LogP contribution is 2.33. The van der Waals surface area contributed by atoms with Crippen molar-refractivity contribution < 1.29 is 23.9 Å². The topological polar surface area (TPSA) is 106 Å². The van der Waals surface area contributed by atoms with Crippen molar-refractivity contribution in [2.24, 2.45) is 0 Å². The molecule has 2 aromatic rings. The quantitative estimate of drug-likeness (QED) is 0.397. The fraction of sp³-hybridized carbons (Fsp3) is 0.519. The maximum atomic E-state index is 12.8. The Labute approximate surface area is 217 Å². The molecule has 0 aromatic heterocycles. The summed E-state index contributed by atoms with van der Waals surface area (Å²) in [5.41, 5.74) is 2.68. The van der Waals surface area contributed by atoms with E-state index in [1.165, 1.54) is 0 Å². The fourth-order valence-corrected chi connectivity index (χ4v) is 5.08. The second-order valence-corrected chi connectivity index (χ2v) is 9.59. The van der Waals surface area contributed by atoms with Gasteiger partial charge in [0.2, 0.25) is 5.91 Å². The van der Waals surface area contributed by atoms with E-state index in [9.17, 15) is 14.9 Å². The number of nitrogens with zero attached hydrogens (tertiary/aromatic N) is 3. The fourth-order valence-electron chi connectivity index (χ4n) is 5.08. The number of nitrogens with one attached hydrogen (secondary N) is 1. The molecule has 0 unspecified atom stereocenters. The van der Waals surface area contributed by atoms with Gasteiger partial charge < -0.3 is 29.3 Å². The first kappa shape index (κ1) is 26.5. The lowest BCUT2D eigenvalue weighted by molar-refractivity contribution is -0.385. The third kappa shape index (κ3) is 6.62. The molecule has 37 heavy (non-hydrogen) atoms. The number of carbonyl (C=O) groups is 1. The Morgan fingerprint density at radius 2 is 1.76 bits per heavy atom. The van der Waals surface area contributed by atoms with Gasteiger partial charge in [-0.25, -0.2) is 0 Å². The Balaban J connectivity index is 1.18. The predicted octanol–water partition coefficient (Wildman–Crippen LogP) is 4.01. The van der Waals surface area contributed by atoms with Crippen LogP contribution in [0.4, 0.5) is 17.1 Å². The van der Waals surface area contributed by atoms with E-state index in [1.54, 1.807) is 33.3 Å². The predicted molar refractivity (Wildman–Crippen MR) is 142 cm³/mol.